The van der Waals surface area contributed by atoms with E-state index in [0.29, 0.717) is 0 Å². The maximum atomic E-state index is 13.5. The van der Waals surface area contributed by atoms with E-state index in [1.807, 2.05) is 0 Å². The molecule has 2 rings (SSSR count). The van der Waals surface area contributed by atoms with Crippen LogP contribution < -0.4 is 5.32 Å². The van der Waals surface area contributed by atoms with Gasteiger partial charge in [0.05, 0.1) is 0 Å². The SMILES string of the molecule is Fc1nc(F)c(F)c(NC2CCCCCCC2)c1F. The zero-order valence-electron chi connectivity index (χ0n) is 10.5. The molecule has 6 heteroatoms. The van der Waals surface area contributed by atoms with Crippen LogP contribution >= 0.6 is 0 Å². The summed E-state index contributed by atoms with van der Waals surface area (Å²) in [6.07, 6.45) is 6.67. The number of hydrogen-bond acceptors (Lipinski definition) is 2. The largest absolute Gasteiger partial charge is 0.377 e. The lowest BCUT2D eigenvalue weighted by molar-refractivity contribution is 0.405. The highest BCUT2D eigenvalue weighted by Crippen LogP contribution is 2.26. The van der Waals surface area contributed by atoms with Crippen molar-refractivity contribution in [3.63, 3.8) is 0 Å². The quantitative estimate of drug-likeness (QED) is 0.648. The van der Waals surface area contributed by atoms with Gasteiger partial charge in [-0.15, -0.1) is 0 Å². The van der Waals surface area contributed by atoms with E-state index >= 15 is 0 Å². The molecule has 0 aromatic carbocycles. The smallest absolute Gasteiger partial charge is 0.253 e. The minimum absolute atomic E-state index is 0.162. The summed E-state index contributed by atoms with van der Waals surface area (Å²) in [6, 6.07) is -0.162. The van der Waals surface area contributed by atoms with Gasteiger partial charge < -0.3 is 5.32 Å². The standard InChI is InChI=1S/C13H16F4N2/c14-9-11(10(15)13(17)19-12(9)16)18-8-6-4-2-1-3-5-7-8/h8H,1-7H2,(H,18,19). The van der Waals surface area contributed by atoms with Crippen molar-refractivity contribution < 1.29 is 17.6 Å². The maximum Gasteiger partial charge on any atom is 0.253 e. The topological polar surface area (TPSA) is 24.9 Å². The normalized spacial score (nSPS) is 17.9. The number of anilines is 1. The van der Waals surface area contributed by atoms with E-state index in [1.165, 1.54) is 0 Å². The fraction of sp³-hybridized carbons (Fsp3) is 0.615. The van der Waals surface area contributed by atoms with Gasteiger partial charge in [0.1, 0.15) is 5.69 Å². The molecule has 1 aliphatic rings. The highest BCUT2D eigenvalue weighted by Gasteiger charge is 2.23. The van der Waals surface area contributed by atoms with Gasteiger partial charge in [0.2, 0.25) is 11.6 Å². The number of nitrogens with zero attached hydrogens (tertiary/aromatic N) is 1. The Balaban J connectivity index is 2.17. The third kappa shape index (κ3) is 3.36. The van der Waals surface area contributed by atoms with E-state index in [9.17, 15) is 17.6 Å². The molecule has 106 valence electrons. The highest BCUT2D eigenvalue weighted by atomic mass is 19.2. The van der Waals surface area contributed by atoms with Gasteiger partial charge >= 0.3 is 0 Å². The summed E-state index contributed by atoms with van der Waals surface area (Å²) in [4.78, 5) is 2.54. The van der Waals surface area contributed by atoms with Crippen LogP contribution in [0.4, 0.5) is 23.2 Å². The molecule has 0 spiro atoms. The molecule has 1 fully saturated rings. The number of pyridine rings is 1. The average Bonchev–Trinajstić information content (AvgIpc) is 2.34. The van der Waals surface area contributed by atoms with Crippen molar-refractivity contribution in [3.8, 4) is 0 Å². The van der Waals surface area contributed by atoms with Crippen molar-refractivity contribution in [1.29, 1.82) is 0 Å². The average molecular weight is 276 g/mol. The first-order valence-corrected chi connectivity index (χ1v) is 6.56. The molecule has 0 bridgehead atoms. The molecular formula is C13H16F4N2. The van der Waals surface area contributed by atoms with Gasteiger partial charge in [-0.2, -0.15) is 22.5 Å². The summed E-state index contributed by atoms with van der Waals surface area (Å²) < 4.78 is 52.9. The first-order valence-electron chi connectivity index (χ1n) is 6.56. The lowest BCUT2D eigenvalue weighted by Crippen LogP contribution is -2.23. The van der Waals surface area contributed by atoms with E-state index in [-0.39, 0.29) is 6.04 Å². The minimum atomic E-state index is -1.62. The van der Waals surface area contributed by atoms with Crippen molar-refractivity contribution in [3.05, 3.63) is 23.5 Å². The van der Waals surface area contributed by atoms with E-state index in [2.05, 4.69) is 10.3 Å². The van der Waals surface area contributed by atoms with Gasteiger partial charge in [0.15, 0.2) is 0 Å². The van der Waals surface area contributed by atoms with Crippen LogP contribution in [0, 0.1) is 23.5 Å². The second-order valence-electron chi connectivity index (χ2n) is 4.88. The number of hydrogen-bond donors (Lipinski definition) is 1. The fourth-order valence-electron chi connectivity index (χ4n) is 2.42. The zero-order chi connectivity index (χ0) is 13.8. The number of rotatable bonds is 2. The Morgan fingerprint density at radius 3 is 1.79 bits per heavy atom. The van der Waals surface area contributed by atoms with E-state index in [4.69, 9.17) is 0 Å². The molecule has 1 heterocycles. The lowest BCUT2D eigenvalue weighted by Gasteiger charge is -2.22. The van der Waals surface area contributed by atoms with Crippen LogP contribution in [-0.2, 0) is 0 Å². The van der Waals surface area contributed by atoms with Crippen LogP contribution in [0.1, 0.15) is 44.9 Å². The number of halogens is 4. The fourth-order valence-corrected chi connectivity index (χ4v) is 2.42. The summed E-state index contributed by atoms with van der Waals surface area (Å²) in [6.45, 7) is 0. The monoisotopic (exact) mass is 276 g/mol. The molecule has 0 saturated heterocycles. The van der Waals surface area contributed by atoms with Crippen LogP contribution in [0.25, 0.3) is 0 Å². The van der Waals surface area contributed by atoms with Crippen molar-refractivity contribution in [2.75, 3.05) is 5.32 Å². The number of aromatic nitrogens is 1. The second-order valence-corrected chi connectivity index (χ2v) is 4.88. The molecular weight excluding hydrogens is 260 g/mol. The Labute approximate surface area is 109 Å². The molecule has 1 aromatic rings. The molecule has 1 N–H and O–H groups in total. The summed E-state index contributed by atoms with van der Waals surface area (Å²) in [5.41, 5.74) is -0.740. The summed E-state index contributed by atoms with van der Waals surface area (Å²) in [7, 11) is 0. The molecule has 0 amide bonds. The van der Waals surface area contributed by atoms with Crippen molar-refractivity contribution in [2.45, 2.75) is 51.0 Å². The van der Waals surface area contributed by atoms with Gasteiger partial charge in [-0.05, 0) is 12.8 Å². The van der Waals surface area contributed by atoms with Crippen LogP contribution in [0.15, 0.2) is 0 Å². The summed E-state index contributed by atoms with van der Waals surface area (Å²) in [5.74, 6) is -6.15. The molecule has 1 aliphatic carbocycles. The van der Waals surface area contributed by atoms with Crippen LogP contribution in [-0.4, -0.2) is 11.0 Å². The number of nitrogens with one attached hydrogen (secondary N) is 1. The van der Waals surface area contributed by atoms with Crippen LogP contribution in [0.5, 0.6) is 0 Å². The van der Waals surface area contributed by atoms with Gasteiger partial charge in [-0.3, -0.25) is 0 Å². The molecule has 1 aromatic heterocycles. The Morgan fingerprint density at radius 2 is 1.26 bits per heavy atom. The first-order chi connectivity index (χ1) is 9.09. The Kier molecular flexibility index (Phi) is 4.61. The van der Waals surface area contributed by atoms with Crippen LogP contribution in [0.3, 0.4) is 0 Å². The van der Waals surface area contributed by atoms with Gasteiger partial charge in [-0.1, -0.05) is 32.1 Å². The third-order valence-electron chi connectivity index (χ3n) is 3.45. The molecule has 0 radical (unpaired) electrons. The second kappa shape index (κ2) is 6.21. The zero-order valence-corrected chi connectivity index (χ0v) is 10.5. The lowest BCUT2D eigenvalue weighted by atomic mass is 9.96. The summed E-state index contributed by atoms with van der Waals surface area (Å²) >= 11 is 0. The molecule has 19 heavy (non-hydrogen) atoms. The predicted molar refractivity (Wildman–Crippen MR) is 63.8 cm³/mol. The Morgan fingerprint density at radius 1 is 0.789 bits per heavy atom. The van der Waals surface area contributed by atoms with Crippen molar-refractivity contribution >= 4 is 5.69 Å². The Hall–Kier alpha value is -1.33. The molecule has 2 nitrogen and oxygen atoms in total. The molecule has 0 aliphatic heterocycles. The maximum absolute atomic E-state index is 13.5. The molecule has 0 atom stereocenters. The van der Waals surface area contributed by atoms with Gasteiger partial charge in [-0.25, -0.2) is 0 Å². The molecule has 0 unspecified atom stereocenters. The predicted octanol–water partition coefficient (Wildman–Crippen LogP) is 4.16. The van der Waals surface area contributed by atoms with Crippen molar-refractivity contribution in [1.82, 2.24) is 4.98 Å². The van der Waals surface area contributed by atoms with Gasteiger partial charge in [0.25, 0.3) is 11.9 Å². The molecule has 1 saturated carbocycles. The van der Waals surface area contributed by atoms with Crippen molar-refractivity contribution in [2.24, 2.45) is 0 Å². The first kappa shape index (κ1) is 14.1. The summed E-state index contributed by atoms with van der Waals surface area (Å²) in [5, 5.41) is 2.60. The van der Waals surface area contributed by atoms with E-state index in [1.54, 1.807) is 0 Å². The third-order valence-corrected chi connectivity index (χ3v) is 3.45. The van der Waals surface area contributed by atoms with E-state index < -0.39 is 29.2 Å². The van der Waals surface area contributed by atoms with Gasteiger partial charge in [0, 0.05) is 6.04 Å². The minimum Gasteiger partial charge on any atom is -0.377 e. The highest BCUT2D eigenvalue weighted by molar-refractivity contribution is 5.46. The van der Waals surface area contributed by atoms with E-state index in [0.717, 1.165) is 44.9 Å². The Bertz CT molecular complexity index is 417. The van der Waals surface area contributed by atoms with Crippen LogP contribution in [0.2, 0.25) is 0 Å².